The van der Waals surface area contributed by atoms with Crippen LogP contribution in [0.4, 0.5) is 30.4 Å². The van der Waals surface area contributed by atoms with E-state index < -0.39 is 12.7 Å². The Balaban J connectivity index is 2.02. The minimum Gasteiger partial charge on any atom is -0.325 e. The molecule has 8 heteroatoms. The fourth-order valence-corrected chi connectivity index (χ4v) is 1.27. The van der Waals surface area contributed by atoms with Crippen LogP contribution in [0.2, 0.25) is 0 Å². The molecule has 2 N–H and O–H groups in total. The van der Waals surface area contributed by atoms with Crippen molar-refractivity contribution >= 4 is 17.2 Å². The number of aromatic amines is 1. The van der Waals surface area contributed by atoms with Gasteiger partial charge in [0.1, 0.15) is 0 Å². The standard InChI is InChI=1S/C11H10F3N5/c12-7-11(13,14)16-8-1-3-9(4-2-8)17-19-10-5-6-15-18-10/h1-6,16H,7H2,(H,15,18)/b19-17+. The maximum Gasteiger partial charge on any atom is 0.351 e. The molecular formula is C11H10F3N5. The summed E-state index contributed by atoms with van der Waals surface area (Å²) in [5.41, 5.74) is 0.576. The van der Waals surface area contributed by atoms with Crippen molar-refractivity contribution in [3.05, 3.63) is 36.5 Å². The van der Waals surface area contributed by atoms with E-state index in [1.54, 1.807) is 11.4 Å². The second kappa shape index (κ2) is 5.51. The van der Waals surface area contributed by atoms with Crippen molar-refractivity contribution in [1.29, 1.82) is 0 Å². The third-order valence-electron chi connectivity index (χ3n) is 2.12. The number of benzene rings is 1. The molecule has 0 saturated carbocycles. The molecule has 0 amide bonds. The topological polar surface area (TPSA) is 65.4 Å². The third kappa shape index (κ3) is 3.80. The fourth-order valence-electron chi connectivity index (χ4n) is 1.27. The molecule has 5 nitrogen and oxygen atoms in total. The molecular weight excluding hydrogens is 259 g/mol. The molecule has 0 aliphatic rings. The van der Waals surface area contributed by atoms with Crippen LogP contribution in [0, 0.1) is 0 Å². The number of aromatic nitrogens is 2. The van der Waals surface area contributed by atoms with E-state index in [0.717, 1.165) is 0 Å². The number of hydrogen-bond donors (Lipinski definition) is 2. The summed E-state index contributed by atoms with van der Waals surface area (Å²) in [6.45, 7) is -1.77. The second-order valence-electron chi connectivity index (χ2n) is 3.65. The lowest BCUT2D eigenvalue weighted by Gasteiger charge is -2.15. The number of halogens is 3. The summed E-state index contributed by atoms with van der Waals surface area (Å²) in [5.74, 6) is 0.478. The van der Waals surface area contributed by atoms with E-state index in [0.29, 0.717) is 11.5 Å². The summed E-state index contributed by atoms with van der Waals surface area (Å²) >= 11 is 0. The minimum atomic E-state index is -3.57. The van der Waals surface area contributed by atoms with Gasteiger partial charge in [-0.1, -0.05) is 0 Å². The highest BCUT2D eigenvalue weighted by Gasteiger charge is 2.28. The zero-order valence-electron chi connectivity index (χ0n) is 9.65. The molecule has 1 heterocycles. The van der Waals surface area contributed by atoms with Gasteiger partial charge < -0.3 is 5.32 Å². The van der Waals surface area contributed by atoms with Crippen LogP contribution in [0.3, 0.4) is 0 Å². The smallest absolute Gasteiger partial charge is 0.325 e. The summed E-state index contributed by atoms with van der Waals surface area (Å²) in [7, 11) is 0. The quantitative estimate of drug-likeness (QED) is 0.640. The Kier molecular flexibility index (Phi) is 3.79. The molecule has 0 atom stereocenters. The van der Waals surface area contributed by atoms with Crippen LogP contribution in [0.25, 0.3) is 0 Å². The second-order valence-corrected chi connectivity index (χ2v) is 3.65. The van der Waals surface area contributed by atoms with E-state index in [1.807, 2.05) is 0 Å². The van der Waals surface area contributed by atoms with Gasteiger partial charge in [-0.25, -0.2) is 4.39 Å². The van der Waals surface area contributed by atoms with Gasteiger partial charge in [0.05, 0.1) is 11.9 Å². The molecule has 0 unspecified atom stereocenters. The van der Waals surface area contributed by atoms with Crippen molar-refractivity contribution in [3.63, 3.8) is 0 Å². The normalized spacial score (nSPS) is 11.9. The van der Waals surface area contributed by atoms with Crippen molar-refractivity contribution in [2.75, 3.05) is 12.0 Å². The van der Waals surface area contributed by atoms with Crippen molar-refractivity contribution < 1.29 is 13.2 Å². The Morgan fingerprint density at radius 2 is 1.89 bits per heavy atom. The first-order chi connectivity index (χ1) is 9.09. The Labute approximate surface area is 106 Å². The van der Waals surface area contributed by atoms with Crippen LogP contribution < -0.4 is 5.32 Å². The van der Waals surface area contributed by atoms with E-state index in [4.69, 9.17) is 0 Å². The number of nitrogens with zero attached hydrogens (tertiary/aromatic N) is 3. The largest absolute Gasteiger partial charge is 0.351 e. The molecule has 100 valence electrons. The number of rotatable bonds is 5. The monoisotopic (exact) mass is 269 g/mol. The van der Waals surface area contributed by atoms with E-state index in [-0.39, 0.29) is 5.69 Å². The van der Waals surface area contributed by atoms with Crippen LogP contribution >= 0.6 is 0 Å². The highest BCUT2D eigenvalue weighted by atomic mass is 19.3. The summed E-state index contributed by atoms with van der Waals surface area (Å²) in [6.07, 6.45) is 1.53. The SMILES string of the molecule is FCC(F)(F)Nc1ccc(/N=N/c2ccn[nH]2)cc1. The molecule has 0 fully saturated rings. The van der Waals surface area contributed by atoms with Crippen LogP contribution in [0.5, 0.6) is 0 Å². The first-order valence-electron chi connectivity index (χ1n) is 5.32. The Bertz CT molecular complexity index is 536. The zero-order chi connectivity index (χ0) is 13.7. The van der Waals surface area contributed by atoms with Crippen LogP contribution in [-0.4, -0.2) is 22.9 Å². The number of nitrogens with one attached hydrogen (secondary N) is 2. The first-order valence-corrected chi connectivity index (χ1v) is 5.32. The average Bonchev–Trinajstić information content (AvgIpc) is 2.91. The minimum absolute atomic E-state index is 0.100. The number of H-pyrrole nitrogens is 1. The van der Waals surface area contributed by atoms with Gasteiger partial charge in [-0.15, -0.1) is 10.2 Å². The van der Waals surface area contributed by atoms with E-state index in [9.17, 15) is 13.2 Å². The molecule has 0 aliphatic carbocycles. The van der Waals surface area contributed by atoms with E-state index in [1.165, 1.54) is 30.5 Å². The van der Waals surface area contributed by atoms with E-state index >= 15 is 0 Å². The van der Waals surface area contributed by atoms with Gasteiger partial charge >= 0.3 is 6.05 Å². The Morgan fingerprint density at radius 3 is 2.47 bits per heavy atom. The lowest BCUT2D eigenvalue weighted by molar-refractivity contribution is 0.00684. The molecule has 0 radical (unpaired) electrons. The van der Waals surface area contributed by atoms with Crippen LogP contribution in [-0.2, 0) is 0 Å². The van der Waals surface area contributed by atoms with Gasteiger partial charge in [0.25, 0.3) is 0 Å². The summed E-state index contributed by atoms with van der Waals surface area (Å²) in [5, 5.41) is 15.8. The maximum absolute atomic E-state index is 12.7. The summed E-state index contributed by atoms with van der Waals surface area (Å²) < 4.78 is 37.4. The number of azo groups is 1. The number of anilines is 1. The molecule has 1 aromatic heterocycles. The average molecular weight is 269 g/mol. The summed E-state index contributed by atoms with van der Waals surface area (Å²) in [4.78, 5) is 0. The molecule has 2 aromatic rings. The Hall–Kier alpha value is -2.38. The van der Waals surface area contributed by atoms with Gasteiger partial charge in [0.15, 0.2) is 12.5 Å². The zero-order valence-corrected chi connectivity index (χ0v) is 9.65. The van der Waals surface area contributed by atoms with Crippen molar-refractivity contribution in [3.8, 4) is 0 Å². The number of alkyl halides is 3. The van der Waals surface area contributed by atoms with Crippen molar-refractivity contribution in [2.45, 2.75) is 6.05 Å². The summed E-state index contributed by atoms with van der Waals surface area (Å²) in [6, 6.07) is 3.75. The van der Waals surface area contributed by atoms with Gasteiger partial charge in [-0.2, -0.15) is 13.9 Å². The molecule has 19 heavy (non-hydrogen) atoms. The van der Waals surface area contributed by atoms with Crippen LogP contribution in [0.15, 0.2) is 46.8 Å². The highest BCUT2D eigenvalue weighted by molar-refractivity contribution is 5.51. The van der Waals surface area contributed by atoms with Gasteiger partial charge in [0, 0.05) is 11.8 Å². The highest BCUT2D eigenvalue weighted by Crippen LogP contribution is 2.23. The molecule has 0 spiro atoms. The van der Waals surface area contributed by atoms with Gasteiger partial charge in [-0.3, -0.25) is 5.10 Å². The molecule has 1 aromatic carbocycles. The molecule has 0 saturated heterocycles. The predicted octanol–water partition coefficient (Wildman–Crippen LogP) is 3.80. The lowest BCUT2D eigenvalue weighted by Crippen LogP contribution is -2.29. The van der Waals surface area contributed by atoms with Gasteiger partial charge in [-0.05, 0) is 24.3 Å². The van der Waals surface area contributed by atoms with Gasteiger partial charge in [0.2, 0.25) is 0 Å². The number of hydrogen-bond acceptors (Lipinski definition) is 4. The molecule has 2 rings (SSSR count). The predicted molar refractivity (Wildman–Crippen MR) is 63.8 cm³/mol. The van der Waals surface area contributed by atoms with Crippen molar-refractivity contribution in [1.82, 2.24) is 10.2 Å². The third-order valence-corrected chi connectivity index (χ3v) is 2.12. The maximum atomic E-state index is 12.7. The van der Waals surface area contributed by atoms with E-state index in [2.05, 4.69) is 20.4 Å². The molecule has 0 bridgehead atoms. The lowest BCUT2D eigenvalue weighted by atomic mass is 10.3. The van der Waals surface area contributed by atoms with Crippen molar-refractivity contribution in [2.24, 2.45) is 10.2 Å². The van der Waals surface area contributed by atoms with Crippen LogP contribution in [0.1, 0.15) is 0 Å². The first kappa shape index (κ1) is 13.1. The fraction of sp³-hybridized carbons (Fsp3) is 0.182. The Morgan fingerprint density at radius 1 is 1.16 bits per heavy atom. The molecule has 0 aliphatic heterocycles.